The third kappa shape index (κ3) is 4.38. The SMILES string of the molecule is CC(C)(C)OC(=O)N1CCC(c2cccc(N3CC(CN)OC3=O)c2F)CC1. The molecule has 0 saturated carbocycles. The highest BCUT2D eigenvalue weighted by molar-refractivity contribution is 5.90. The van der Waals surface area contributed by atoms with Crippen molar-refractivity contribution in [2.75, 3.05) is 31.1 Å². The highest BCUT2D eigenvalue weighted by Crippen LogP contribution is 2.35. The van der Waals surface area contributed by atoms with Gasteiger partial charge in [0.15, 0.2) is 5.82 Å². The number of halogens is 1. The van der Waals surface area contributed by atoms with Crippen LogP contribution in [0.3, 0.4) is 0 Å². The number of benzene rings is 1. The molecule has 2 saturated heterocycles. The van der Waals surface area contributed by atoms with Crippen molar-refractivity contribution >= 4 is 17.9 Å². The maximum atomic E-state index is 15.2. The Labute approximate surface area is 164 Å². The van der Waals surface area contributed by atoms with Gasteiger partial charge in [0.05, 0.1) is 12.2 Å². The van der Waals surface area contributed by atoms with Crippen LogP contribution in [-0.2, 0) is 9.47 Å². The Morgan fingerprint density at radius 2 is 2.00 bits per heavy atom. The molecule has 1 aromatic carbocycles. The fraction of sp³-hybridized carbons (Fsp3) is 0.600. The molecule has 1 atom stereocenters. The van der Waals surface area contributed by atoms with E-state index in [9.17, 15) is 9.59 Å². The van der Waals surface area contributed by atoms with E-state index in [-0.39, 0.29) is 30.8 Å². The zero-order chi connectivity index (χ0) is 20.5. The number of nitrogens with zero attached hydrogens (tertiary/aromatic N) is 2. The second-order valence-electron chi connectivity index (χ2n) is 8.27. The van der Waals surface area contributed by atoms with Gasteiger partial charge in [0.1, 0.15) is 11.7 Å². The first-order chi connectivity index (χ1) is 13.2. The second kappa shape index (κ2) is 7.95. The van der Waals surface area contributed by atoms with Crippen LogP contribution in [-0.4, -0.2) is 55.0 Å². The van der Waals surface area contributed by atoms with Crippen molar-refractivity contribution in [3.8, 4) is 0 Å². The number of ether oxygens (including phenoxy) is 2. The summed E-state index contributed by atoms with van der Waals surface area (Å²) in [6, 6.07) is 5.07. The highest BCUT2D eigenvalue weighted by atomic mass is 19.1. The molecule has 154 valence electrons. The minimum absolute atomic E-state index is 0.0254. The summed E-state index contributed by atoms with van der Waals surface area (Å²) < 4.78 is 25.7. The Kier molecular flexibility index (Phi) is 5.79. The lowest BCUT2D eigenvalue weighted by atomic mass is 9.88. The van der Waals surface area contributed by atoms with Crippen molar-refractivity contribution in [2.24, 2.45) is 5.73 Å². The molecule has 2 fully saturated rings. The van der Waals surface area contributed by atoms with Gasteiger partial charge >= 0.3 is 12.2 Å². The van der Waals surface area contributed by atoms with Gasteiger partial charge in [0.2, 0.25) is 0 Å². The van der Waals surface area contributed by atoms with Gasteiger partial charge < -0.3 is 20.1 Å². The zero-order valence-corrected chi connectivity index (χ0v) is 16.6. The summed E-state index contributed by atoms with van der Waals surface area (Å²) in [5, 5.41) is 0. The molecule has 3 rings (SSSR count). The van der Waals surface area contributed by atoms with Crippen molar-refractivity contribution < 1.29 is 23.5 Å². The van der Waals surface area contributed by atoms with Gasteiger partial charge in [-0.25, -0.2) is 14.0 Å². The van der Waals surface area contributed by atoms with E-state index in [1.807, 2.05) is 20.8 Å². The number of hydrogen-bond acceptors (Lipinski definition) is 5. The number of likely N-dealkylation sites (tertiary alicyclic amines) is 1. The van der Waals surface area contributed by atoms with Gasteiger partial charge in [0, 0.05) is 19.6 Å². The molecule has 7 nitrogen and oxygen atoms in total. The van der Waals surface area contributed by atoms with E-state index in [2.05, 4.69) is 0 Å². The van der Waals surface area contributed by atoms with Crippen molar-refractivity contribution in [3.63, 3.8) is 0 Å². The van der Waals surface area contributed by atoms with Crippen LogP contribution in [0, 0.1) is 5.82 Å². The molecule has 2 heterocycles. The highest BCUT2D eigenvalue weighted by Gasteiger charge is 2.35. The Hall–Kier alpha value is -2.35. The lowest BCUT2D eigenvalue weighted by molar-refractivity contribution is 0.0204. The molecule has 2 N–H and O–H groups in total. The predicted octanol–water partition coefficient (Wildman–Crippen LogP) is 3.22. The van der Waals surface area contributed by atoms with Gasteiger partial charge in [-0.15, -0.1) is 0 Å². The predicted molar refractivity (Wildman–Crippen MR) is 103 cm³/mol. The topological polar surface area (TPSA) is 85.1 Å². The van der Waals surface area contributed by atoms with Crippen LogP contribution in [0.25, 0.3) is 0 Å². The maximum absolute atomic E-state index is 15.2. The number of cyclic esters (lactones) is 1. The quantitative estimate of drug-likeness (QED) is 0.852. The molecular weight excluding hydrogens is 365 g/mol. The molecule has 2 aliphatic rings. The Morgan fingerprint density at radius 3 is 2.57 bits per heavy atom. The first-order valence-corrected chi connectivity index (χ1v) is 9.64. The fourth-order valence-corrected chi connectivity index (χ4v) is 3.60. The fourth-order valence-electron chi connectivity index (χ4n) is 3.60. The summed E-state index contributed by atoms with van der Waals surface area (Å²) in [4.78, 5) is 27.2. The van der Waals surface area contributed by atoms with Crippen LogP contribution in [0.4, 0.5) is 19.7 Å². The summed E-state index contributed by atoms with van der Waals surface area (Å²) in [6.45, 7) is 6.94. The zero-order valence-electron chi connectivity index (χ0n) is 16.6. The molecule has 8 heteroatoms. The van der Waals surface area contributed by atoms with Crippen LogP contribution in [0.2, 0.25) is 0 Å². The first-order valence-electron chi connectivity index (χ1n) is 9.64. The van der Waals surface area contributed by atoms with Gasteiger partial charge in [0.25, 0.3) is 0 Å². The summed E-state index contributed by atoms with van der Waals surface area (Å²) >= 11 is 0. The average Bonchev–Trinajstić information content (AvgIpc) is 3.01. The molecule has 1 aromatic rings. The van der Waals surface area contributed by atoms with Crippen LogP contribution in [0.15, 0.2) is 18.2 Å². The van der Waals surface area contributed by atoms with Gasteiger partial charge in [-0.2, -0.15) is 0 Å². The van der Waals surface area contributed by atoms with Crippen LogP contribution in [0.5, 0.6) is 0 Å². The van der Waals surface area contributed by atoms with E-state index in [0.29, 0.717) is 31.5 Å². The minimum atomic E-state index is -0.578. The average molecular weight is 393 g/mol. The lowest BCUT2D eigenvalue weighted by Gasteiger charge is -2.34. The molecule has 0 radical (unpaired) electrons. The molecule has 2 amide bonds. The molecule has 28 heavy (non-hydrogen) atoms. The van der Waals surface area contributed by atoms with Crippen molar-refractivity contribution in [3.05, 3.63) is 29.6 Å². The molecule has 0 spiro atoms. The number of carbonyl (C=O) groups is 2. The number of carbonyl (C=O) groups excluding carboxylic acids is 2. The number of hydrogen-bond donors (Lipinski definition) is 1. The van der Waals surface area contributed by atoms with Crippen LogP contribution < -0.4 is 10.6 Å². The van der Waals surface area contributed by atoms with Gasteiger partial charge in [-0.1, -0.05) is 12.1 Å². The molecule has 0 bridgehead atoms. The number of nitrogens with two attached hydrogens (primary N) is 1. The third-order valence-corrected chi connectivity index (χ3v) is 5.02. The Balaban J connectivity index is 1.69. The molecule has 0 aromatic heterocycles. The van der Waals surface area contributed by atoms with E-state index in [4.69, 9.17) is 15.2 Å². The molecule has 1 unspecified atom stereocenters. The maximum Gasteiger partial charge on any atom is 0.414 e. The van der Waals surface area contributed by atoms with E-state index < -0.39 is 23.6 Å². The van der Waals surface area contributed by atoms with E-state index >= 15 is 4.39 Å². The van der Waals surface area contributed by atoms with Crippen LogP contribution >= 0.6 is 0 Å². The summed E-state index contributed by atoms with van der Waals surface area (Å²) in [7, 11) is 0. The largest absolute Gasteiger partial charge is 0.444 e. The van der Waals surface area contributed by atoms with Gasteiger partial charge in [-0.3, -0.25) is 4.90 Å². The number of amides is 2. The number of anilines is 1. The normalized spacial score (nSPS) is 21.0. The standard InChI is InChI=1S/C20H28FN3O4/c1-20(2,3)28-18(25)23-9-7-13(8-10-23)15-5-4-6-16(17(15)21)24-12-14(11-22)27-19(24)26/h4-6,13-14H,7-12,22H2,1-3H3. The second-order valence-corrected chi connectivity index (χ2v) is 8.27. The van der Waals surface area contributed by atoms with Crippen molar-refractivity contribution in [1.82, 2.24) is 4.90 Å². The first kappa shape index (κ1) is 20.4. The number of rotatable bonds is 3. The molecule has 0 aliphatic carbocycles. The number of piperidine rings is 1. The molecular formula is C20H28FN3O4. The van der Waals surface area contributed by atoms with Crippen molar-refractivity contribution in [2.45, 2.75) is 51.2 Å². The van der Waals surface area contributed by atoms with E-state index in [1.54, 1.807) is 23.1 Å². The van der Waals surface area contributed by atoms with Gasteiger partial charge in [-0.05, 0) is 51.2 Å². The van der Waals surface area contributed by atoms with Crippen LogP contribution in [0.1, 0.15) is 45.1 Å². The monoisotopic (exact) mass is 393 g/mol. The lowest BCUT2D eigenvalue weighted by Crippen LogP contribution is -2.41. The Morgan fingerprint density at radius 1 is 1.32 bits per heavy atom. The van der Waals surface area contributed by atoms with Crippen molar-refractivity contribution in [1.29, 1.82) is 0 Å². The minimum Gasteiger partial charge on any atom is -0.444 e. The Bertz CT molecular complexity index is 741. The third-order valence-electron chi connectivity index (χ3n) is 5.02. The smallest absolute Gasteiger partial charge is 0.414 e. The summed E-state index contributed by atoms with van der Waals surface area (Å²) in [5.41, 5.74) is 5.79. The summed E-state index contributed by atoms with van der Waals surface area (Å²) in [5.74, 6) is -0.435. The van der Waals surface area contributed by atoms with E-state index in [1.165, 1.54) is 4.90 Å². The summed E-state index contributed by atoms with van der Waals surface area (Å²) in [6.07, 6.45) is -0.0722. The molecule has 2 aliphatic heterocycles. The van der Waals surface area contributed by atoms with E-state index in [0.717, 1.165) is 0 Å².